The molecule has 174 valence electrons. The van der Waals surface area contributed by atoms with Crippen LogP contribution in [0.5, 0.6) is 0 Å². The number of unbranched alkanes of at least 4 members (excludes halogenated alkanes) is 11. The van der Waals surface area contributed by atoms with Gasteiger partial charge in [0.05, 0.1) is 33.0 Å². The first kappa shape index (κ1) is 28.4. The van der Waals surface area contributed by atoms with Crippen LogP contribution in [0.1, 0.15) is 104 Å². The summed E-state index contributed by atoms with van der Waals surface area (Å²) >= 11 is 0. The summed E-state index contributed by atoms with van der Waals surface area (Å²) in [4.78, 5) is 11.6. The van der Waals surface area contributed by atoms with Gasteiger partial charge in [-0.15, -0.1) is 0 Å². The van der Waals surface area contributed by atoms with Gasteiger partial charge in [0, 0.05) is 13.0 Å². The molecule has 0 radical (unpaired) electrons. The number of ether oxygens (including phenoxy) is 4. The highest BCUT2D eigenvalue weighted by Crippen LogP contribution is 2.08. The zero-order valence-corrected chi connectivity index (χ0v) is 19.4. The third-order valence-electron chi connectivity index (χ3n) is 4.86. The Kier molecular flexibility index (Phi) is 24.8. The van der Waals surface area contributed by atoms with E-state index in [1.54, 1.807) is 0 Å². The highest BCUT2D eigenvalue weighted by atomic mass is 16.6. The van der Waals surface area contributed by atoms with E-state index in [0.29, 0.717) is 46.1 Å². The Hall–Kier alpha value is -0.650. The Balaban J connectivity index is 3.11. The van der Waals surface area contributed by atoms with Crippen molar-refractivity contribution in [2.45, 2.75) is 104 Å². The molecule has 29 heavy (non-hydrogen) atoms. The first-order valence-electron chi connectivity index (χ1n) is 12.2. The Labute approximate surface area is 180 Å². The van der Waals surface area contributed by atoms with Crippen LogP contribution in [-0.2, 0) is 23.7 Å². The van der Waals surface area contributed by atoms with Gasteiger partial charge in [-0.2, -0.15) is 0 Å². The van der Waals surface area contributed by atoms with Crippen LogP contribution < -0.4 is 0 Å². The summed E-state index contributed by atoms with van der Waals surface area (Å²) < 4.78 is 21.6. The van der Waals surface area contributed by atoms with Gasteiger partial charge in [0.15, 0.2) is 0 Å². The van der Waals surface area contributed by atoms with E-state index in [1.165, 1.54) is 64.2 Å². The molecule has 5 nitrogen and oxygen atoms in total. The summed E-state index contributed by atoms with van der Waals surface area (Å²) in [6.07, 6.45) is 16.7. The van der Waals surface area contributed by atoms with Gasteiger partial charge in [0.2, 0.25) is 0 Å². The summed E-state index contributed by atoms with van der Waals surface area (Å²) in [6, 6.07) is 0. The summed E-state index contributed by atoms with van der Waals surface area (Å²) in [5.41, 5.74) is 0. The van der Waals surface area contributed by atoms with Crippen molar-refractivity contribution in [1.82, 2.24) is 0 Å². The second kappa shape index (κ2) is 25.4. The molecule has 0 saturated carbocycles. The van der Waals surface area contributed by atoms with Crippen molar-refractivity contribution in [1.29, 1.82) is 0 Å². The minimum Gasteiger partial charge on any atom is -0.463 e. The van der Waals surface area contributed by atoms with Crippen molar-refractivity contribution >= 4 is 5.97 Å². The Morgan fingerprint density at radius 1 is 0.483 bits per heavy atom. The number of carbonyl (C=O) groups is 1. The summed E-state index contributed by atoms with van der Waals surface area (Å²) in [5.74, 6) is -0.110. The van der Waals surface area contributed by atoms with Crippen LogP contribution >= 0.6 is 0 Å². The third-order valence-corrected chi connectivity index (χ3v) is 4.86. The quantitative estimate of drug-likeness (QED) is 0.141. The molecule has 5 heteroatoms. The van der Waals surface area contributed by atoms with Gasteiger partial charge in [-0.3, -0.25) is 4.79 Å². The molecule has 0 aliphatic rings. The van der Waals surface area contributed by atoms with Crippen molar-refractivity contribution in [3.63, 3.8) is 0 Å². The Bertz CT molecular complexity index is 322. The summed E-state index contributed by atoms with van der Waals surface area (Å²) in [5, 5.41) is 0. The molecule has 0 unspecified atom stereocenters. The predicted octanol–water partition coefficient (Wildman–Crippen LogP) is 6.08. The van der Waals surface area contributed by atoms with Crippen LogP contribution in [0.3, 0.4) is 0 Å². The first-order valence-corrected chi connectivity index (χ1v) is 12.2. The van der Waals surface area contributed by atoms with E-state index in [1.807, 2.05) is 0 Å². The maximum Gasteiger partial charge on any atom is 0.305 e. The number of esters is 1. The Morgan fingerprint density at radius 3 is 1.45 bits per heavy atom. The zero-order valence-electron chi connectivity index (χ0n) is 19.4. The highest BCUT2D eigenvalue weighted by Gasteiger charge is 2.02. The van der Waals surface area contributed by atoms with Crippen LogP contribution in [0.15, 0.2) is 0 Å². The fraction of sp³-hybridized carbons (Fsp3) is 0.958. The first-order chi connectivity index (χ1) is 14.3. The summed E-state index contributed by atoms with van der Waals surface area (Å²) in [6.45, 7) is 8.37. The number of hydrogen-bond donors (Lipinski definition) is 0. The molecule has 0 bridgehead atoms. The largest absolute Gasteiger partial charge is 0.463 e. The van der Waals surface area contributed by atoms with Gasteiger partial charge in [-0.1, -0.05) is 84.5 Å². The fourth-order valence-corrected chi connectivity index (χ4v) is 3.04. The number of hydrogen-bond acceptors (Lipinski definition) is 5. The van der Waals surface area contributed by atoms with Gasteiger partial charge in [-0.05, 0) is 12.8 Å². The van der Waals surface area contributed by atoms with Gasteiger partial charge in [0.25, 0.3) is 0 Å². The van der Waals surface area contributed by atoms with E-state index in [0.717, 1.165) is 25.9 Å². The van der Waals surface area contributed by atoms with E-state index < -0.39 is 0 Å². The molecule has 0 heterocycles. The average molecular weight is 417 g/mol. The van der Waals surface area contributed by atoms with E-state index in [9.17, 15) is 4.79 Å². The van der Waals surface area contributed by atoms with Crippen molar-refractivity contribution in [2.24, 2.45) is 0 Å². The molecule has 0 aliphatic carbocycles. The van der Waals surface area contributed by atoms with E-state index >= 15 is 0 Å². The molecular weight excluding hydrogens is 368 g/mol. The van der Waals surface area contributed by atoms with E-state index in [2.05, 4.69) is 13.8 Å². The minimum atomic E-state index is -0.110. The van der Waals surface area contributed by atoms with E-state index in [4.69, 9.17) is 18.9 Å². The molecule has 0 aliphatic heterocycles. The van der Waals surface area contributed by atoms with Gasteiger partial charge in [0.1, 0.15) is 6.61 Å². The van der Waals surface area contributed by atoms with Crippen molar-refractivity contribution in [2.75, 3.05) is 46.2 Å². The van der Waals surface area contributed by atoms with E-state index in [-0.39, 0.29) is 5.97 Å². The summed E-state index contributed by atoms with van der Waals surface area (Å²) in [7, 11) is 0. The topological polar surface area (TPSA) is 54.0 Å². The smallest absolute Gasteiger partial charge is 0.305 e. The lowest BCUT2D eigenvalue weighted by atomic mass is 10.1. The maximum atomic E-state index is 11.6. The van der Waals surface area contributed by atoms with Gasteiger partial charge < -0.3 is 18.9 Å². The second-order valence-corrected chi connectivity index (χ2v) is 7.70. The highest BCUT2D eigenvalue weighted by molar-refractivity contribution is 5.69. The normalized spacial score (nSPS) is 11.1. The SMILES string of the molecule is CCCCCCCCCC(=O)OCCOCCOCCOCCCCCCCC. The van der Waals surface area contributed by atoms with Gasteiger partial charge >= 0.3 is 5.97 Å². The molecular formula is C24H48O5. The molecule has 0 aromatic carbocycles. The Morgan fingerprint density at radius 2 is 0.897 bits per heavy atom. The van der Waals surface area contributed by atoms with Crippen molar-refractivity contribution in [3.05, 3.63) is 0 Å². The molecule has 0 aromatic rings. The molecule has 0 amide bonds. The number of rotatable bonds is 24. The predicted molar refractivity (Wildman–Crippen MR) is 119 cm³/mol. The van der Waals surface area contributed by atoms with Crippen LogP contribution in [0.2, 0.25) is 0 Å². The molecule has 0 saturated heterocycles. The maximum absolute atomic E-state index is 11.6. The lowest BCUT2D eigenvalue weighted by molar-refractivity contribution is -0.145. The number of carbonyl (C=O) groups excluding carboxylic acids is 1. The molecule has 0 N–H and O–H groups in total. The molecule has 0 fully saturated rings. The minimum absolute atomic E-state index is 0.110. The standard InChI is InChI=1S/C24H48O5/c1-3-5-7-9-11-12-14-16-24(25)29-23-22-28-21-20-27-19-18-26-17-15-13-10-8-6-4-2/h3-23H2,1-2H3. The molecule has 0 aromatic heterocycles. The lowest BCUT2D eigenvalue weighted by Gasteiger charge is -2.08. The van der Waals surface area contributed by atoms with Crippen molar-refractivity contribution in [3.8, 4) is 0 Å². The fourth-order valence-electron chi connectivity index (χ4n) is 3.04. The molecule has 0 spiro atoms. The van der Waals surface area contributed by atoms with Crippen LogP contribution in [0.4, 0.5) is 0 Å². The van der Waals surface area contributed by atoms with Crippen LogP contribution in [0, 0.1) is 0 Å². The van der Waals surface area contributed by atoms with Gasteiger partial charge in [-0.25, -0.2) is 0 Å². The lowest BCUT2D eigenvalue weighted by Crippen LogP contribution is -2.14. The monoisotopic (exact) mass is 416 g/mol. The third kappa shape index (κ3) is 25.3. The van der Waals surface area contributed by atoms with Crippen LogP contribution in [0.25, 0.3) is 0 Å². The van der Waals surface area contributed by atoms with Crippen LogP contribution in [-0.4, -0.2) is 52.2 Å². The van der Waals surface area contributed by atoms with Crippen molar-refractivity contribution < 1.29 is 23.7 Å². The average Bonchev–Trinajstić information content (AvgIpc) is 2.72. The molecule has 0 rings (SSSR count). The second-order valence-electron chi connectivity index (χ2n) is 7.70. The zero-order chi connectivity index (χ0) is 21.3. The molecule has 0 atom stereocenters.